The smallest absolute Gasteiger partial charge is 0.245 e. The molecule has 1 N–H and O–H groups in total. The number of nitrogens with zero attached hydrogens (tertiary/aromatic N) is 4. The normalized spacial score (nSPS) is 17.9. The lowest BCUT2D eigenvalue weighted by Crippen LogP contribution is -2.43. The Morgan fingerprint density at radius 3 is 2.94 bits per heavy atom. The molecule has 0 aliphatic carbocycles. The monoisotopic (exact) mass is 473 g/mol. The van der Waals surface area contributed by atoms with Crippen LogP contribution >= 0.6 is 23.1 Å². The van der Waals surface area contributed by atoms with Crippen molar-refractivity contribution in [3.8, 4) is 0 Å². The Morgan fingerprint density at radius 2 is 2.06 bits per heavy atom. The van der Waals surface area contributed by atoms with Gasteiger partial charge in [0.1, 0.15) is 15.9 Å². The first kappa shape index (κ1) is 20.4. The van der Waals surface area contributed by atoms with E-state index >= 15 is 0 Å². The Hall–Kier alpha value is -2.47. The number of rotatable bonds is 4. The lowest BCUT2D eigenvalue weighted by atomic mass is 9.99. The number of thiazole rings is 1. The number of carbonyl (C=O) groups is 1. The van der Waals surface area contributed by atoms with Gasteiger partial charge in [0.25, 0.3) is 0 Å². The van der Waals surface area contributed by atoms with Crippen molar-refractivity contribution >= 4 is 65.4 Å². The zero-order valence-electron chi connectivity index (χ0n) is 16.6. The zero-order valence-corrected chi connectivity index (χ0v) is 19.1. The van der Waals surface area contributed by atoms with Crippen molar-refractivity contribution in [2.24, 2.45) is 5.92 Å². The zero-order chi connectivity index (χ0) is 21.6. The van der Waals surface area contributed by atoms with Gasteiger partial charge in [0.15, 0.2) is 5.13 Å². The van der Waals surface area contributed by atoms with E-state index in [4.69, 9.17) is 0 Å². The molecule has 2 aromatic heterocycles. The maximum atomic E-state index is 13.3. The van der Waals surface area contributed by atoms with Crippen LogP contribution in [0.5, 0.6) is 0 Å². The molecular formula is C20H19N5O3S3. The molecule has 31 heavy (non-hydrogen) atoms. The highest BCUT2D eigenvalue weighted by Crippen LogP contribution is 2.30. The molecule has 0 unspecified atom stereocenters. The summed E-state index contributed by atoms with van der Waals surface area (Å²) < 4.78 is 37.3. The quantitative estimate of drug-likeness (QED) is 0.485. The van der Waals surface area contributed by atoms with Gasteiger partial charge in [0.2, 0.25) is 15.9 Å². The third-order valence-electron chi connectivity index (χ3n) is 5.40. The van der Waals surface area contributed by atoms with E-state index in [9.17, 15) is 13.2 Å². The summed E-state index contributed by atoms with van der Waals surface area (Å²) >= 11 is 2.41. The number of aromatic nitrogens is 3. The Bertz CT molecular complexity index is 1400. The fraction of sp³-hybridized carbons (Fsp3) is 0.300. The minimum Gasteiger partial charge on any atom is -0.302 e. The highest BCUT2D eigenvalue weighted by molar-refractivity contribution is 7.89. The molecule has 4 aromatic rings. The maximum Gasteiger partial charge on any atom is 0.245 e. The number of benzene rings is 2. The molecule has 1 aliphatic rings. The molecule has 2 aromatic carbocycles. The third kappa shape index (κ3) is 3.82. The third-order valence-corrected chi connectivity index (χ3v) is 8.77. The molecule has 160 valence electrons. The number of carbonyl (C=O) groups excluding carboxylic acids is 1. The molecule has 0 spiro atoms. The van der Waals surface area contributed by atoms with Crippen molar-refractivity contribution in [1.29, 1.82) is 0 Å². The van der Waals surface area contributed by atoms with Crippen LogP contribution in [0.15, 0.2) is 41.3 Å². The van der Waals surface area contributed by atoms with Crippen molar-refractivity contribution in [1.82, 2.24) is 18.0 Å². The van der Waals surface area contributed by atoms with E-state index in [1.165, 1.54) is 15.6 Å². The predicted molar refractivity (Wildman–Crippen MR) is 122 cm³/mol. The van der Waals surface area contributed by atoms with Gasteiger partial charge >= 0.3 is 0 Å². The molecule has 11 heteroatoms. The molecule has 3 heterocycles. The van der Waals surface area contributed by atoms with Gasteiger partial charge < -0.3 is 5.32 Å². The van der Waals surface area contributed by atoms with E-state index in [1.807, 2.05) is 25.1 Å². The number of nitrogens with one attached hydrogen (secondary N) is 1. The first-order chi connectivity index (χ1) is 14.9. The number of anilines is 1. The second-order valence-electron chi connectivity index (χ2n) is 7.57. The SMILES string of the molecule is Cc1ccc2nc(NC(=O)[C@@H]3CCCN(S(=O)(=O)c4cccc5nsnc45)C3)sc2c1. The first-order valence-electron chi connectivity index (χ1n) is 9.81. The standard InChI is InChI=1S/C20H19N5O3S3/c1-12-7-8-14-16(10-12)29-20(21-14)22-19(26)13-4-3-9-25(11-13)31(27,28)17-6-2-5-15-18(17)24-30-23-15/h2,5-8,10,13H,3-4,9,11H2,1H3,(H,21,22,26)/t13-/m1/s1. The number of fused-ring (bicyclic) bond motifs is 2. The molecule has 1 aliphatic heterocycles. The summed E-state index contributed by atoms with van der Waals surface area (Å²) in [5, 5.41) is 3.42. The van der Waals surface area contributed by atoms with Crippen molar-refractivity contribution < 1.29 is 13.2 Å². The van der Waals surface area contributed by atoms with Crippen LogP contribution in [-0.4, -0.2) is 45.5 Å². The van der Waals surface area contributed by atoms with Crippen LogP contribution in [0.3, 0.4) is 0 Å². The second-order valence-corrected chi connectivity index (χ2v) is 11.0. The number of amides is 1. The Morgan fingerprint density at radius 1 is 1.19 bits per heavy atom. The highest BCUT2D eigenvalue weighted by Gasteiger charge is 2.35. The van der Waals surface area contributed by atoms with Gasteiger partial charge in [-0.25, -0.2) is 13.4 Å². The number of hydrogen-bond donors (Lipinski definition) is 1. The minimum absolute atomic E-state index is 0.131. The van der Waals surface area contributed by atoms with Gasteiger partial charge in [-0.15, -0.1) is 0 Å². The largest absolute Gasteiger partial charge is 0.302 e. The van der Waals surface area contributed by atoms with Crippen LogP contribution < -0.4 is 5.32 Å². The van der Waals surface area contributed by atoms with Gasteiger partial charge in [0.05, 0.1) is 27.9 Å². The Labute approximate surface area is 187 Å². The van der Waals surface area contributed by atoms with Crippen LogP contribution in [0.25, 0.3) is 21.3 Å². The summed E-state index contributed by atoms with van der Waals surface area (Å²) in [6.45, 7) is 2.52. The first-order valence-corrected chi connectivity index (χ1v) is 12.8. The number of hydrogen-bond acceptors (Lipinski definition) is 8. The van der Waals surface area contributed by atoms with Crippen LogP contribution in [-0.2, 0) is 14.8 Å². The van der Waals surface area contributed by atoms with Crippen molar-refractivity contribution in [2.75, 3.05) is 18.4 Å². The molecule has 0 radical (unpaired) electrons. The number of sulfonamides is 1. The summed E-state index contributed by atoms with van der Waals surface area (Å²) in [6, 6.07) is 10.9. The van der Waals surface area contributed by atoms with Gasteiger partial charge in [-0.2, -0.15) is 13.1 Å². The minimum atomic E-state index is -3.78. The molecular weight excluding hydrogens is 454 g/mol. The van der Waals surface area contributed by atoms with E-state index < -0.39 is 15.9 Å². The summed E-state index contributed by atoms with van der Waals surface area (Å²) in [6.07, 6.45) is 1.24. The van der Waals surface area contributed by atoms with Crippen LogP contribution in [0.1, 0.15) is 18.4 Å². The summed E-state index contributed by atoms with van der Waals surface area (Å²) in [4.78, 5) is 17.5. The van der Waals surface area contributed by atoms with Crippen LogP contribution in [0.4, 0.5) is 5.13 Å². The van der Waals surface area contributed by atoms with Crippen LogP contribution in [0, 0.1) is 12.8 Å². The Kier molecular flexibility index (Phi) is 5.21. The van der Waals surface area contributed by atoms with Crippen molar-refractivity contribution in [2.45, 2.75) is 24.7 Å². The van der Waals surface area contributed by atoms with E-state index in [1.54, 1.807) is 18.2 Å². The molecule has 5 rings (SSSR count). The van der Waals surface area contributed by atoms with Gasteiger partial charge in [-0.1, -0.05) is 23.5 Å². The van der Waals surface area contributed by atoms with Crippen LogP contribution in [0.2, 0.25) is 0 Å². The summed E-state index contributed by atoms with van der Waals surface area (Å²) in [5.74, 6) is -0.644. The fourth-order valence-electron chi connectivity index (χ4n) is 3.80. The van der Waals surface area contributed by atoms with E-state index in [-0.39, 0.29) is 17.3 Å². The lowest BCUT2D eigenvalue weighted by molar-refractivity contribution is -0.120. The molecule has 1 fully saturated rings. The Balaban J connectivity index is 1.35. The fourth-order valence-corrected chi connectivity index (χ4v) is 7.04. The number of piperidine rings is 1. The molecule has 1 saturated heterocycles. The molecule has 1 atom stereocenters. The van der Waals surface area contributed by atoms with Crippen molar-refractivity contribution in [3.63, 3.8) is 0 Å². The van der Waals surface area contributed by atoms with E-state index in [2.05, 4.69) is 19.0 Å². The van der Waals surface area contributed by atoms with Crippen molar-refractivity contribution in [3.05, 3.63) is 42.0 Å². The topological polar surface area (TPSA) is 105 Å². The highest BCUT2D eigenvalue weighted by atomic mass is 32.2. The average Bonchev–Trinajstić information content (AvgIpc) is 3.39. The van der Waals surface area contributed by atoms with Gasteiger partial charge in [0, 0.05) is 13.1 Å². The molecule has 1 amide bonds. The average molecular weight is 474 g/mol. The van der Waals surface area contributed by atoms with Gasteiger partial charge in [-0.05, 0) is 49.6 Å². The molecule has 0 saturated carbocycles. The summed E-state index contributed by atoms with van der Waals surface area (Å²) in [5.41, 5.74) is 2.91. The number of aryl methyl sites for hydroxylation is 1. The second kappa shape index (κ2) is 7.90. The van der Waals surface area contributed by atoms with E-state index in [0.29, 0.717) is 35.6 Å². The molecule has 8 nitrogen and oxygen atoms in total. The summed E-state index contributed by atoms with van der Waals surface area (Å²) in [7, 11) is -3.78. The predicted octanol–water partition coefficient (Wildman–Crippen LogP) is 3.65. The maximum absolute atomic E-state index is 13.3. The molecule has 0 bridgehead atoms. The van der Waals surface area contributed by atoms with Gasteiger partial charge in [-0.3, -0.25) is 4.79 Å². The lowest BCUT2D eigenvalue weighted by Gasteiger charge is -2.31. The van der Waals surface area contributed by atoms with E-state index in [0.717, 1.165) is 27.5 Å².